The number of carbonyl (C=O) groups excluding carboxylic acids is 2. The highest BCUT2D eigenvalue weighted by atomic mass is 35.5. The van der Waals surface area contributed by atoms with Crippen LogP contribution in [0.4, 0.5) is 0 Å². The molecule has 1 aromatic carbocycles. The minimum Gasteiger partial charge on any atom is -0.486 e. The highest BCUT2D eigenvalue weighted by Gasteiger charge is 2.23. The summed E-state index contributed by atoms with van der Waals surface area (Å²) in [5, 5.41) is 2.93. The molecule has 2 rings (SSSR count). The second-order valence-electron chi connectivity index (χ2n) is 4.82. The molecule has 1 aliphatic heterocycles. The maximum Gasteiger partial charge on any atom is 0.339 e. The lowest BCUT2D eigenvalue weighted by Gasteiger charge is -2.20. The van der Waals surface area contributed by atoms with Crippen LogP contribution in [0.25, 0.3) is 0 Å². The number of carbonyl (C=O) groups is 2. The largest absolute Gasteiger partial charge is 0.486 e. The van der Waals surface area contributed by atoms with Gasteiger partial charge in [-0.3, -0.25) is 4.79 Å². The lowest BCUT2D eigenvalue weighted by Crippen LogP contribution is -2.36. The summed E-state index contributed by atoms with van der Waals surface area (Å²) in [4.78, 5) is 23.8. The van der Waals surface area contributed by atoms with Gasteiger partial charge in [-0.25, -0.2) is 4.79 Å². The van der Waals surface area contributed by atoms with E-state index in [2.05, 4.69) is 5.32 Å². The van der Waals surface area contributed by atoms with Crippen molar-refractivity contribution in [1.82, 2.24) is 5.32 Å². The van der Waals surface area contributed by atoms with Gasteiger partial charge in [-0.2, -0.15) is 0 Å². The molecule has 0 unspecified atom stereocenters. The van der Waals surface area contributed by atoms with E-state index in [1.807, 2.05) is 6.92 Å². The molecule has 1 heterocycles. The predicted molar refractivity (Wildman–Crippen MR) is 80.6 cm³/mol. The molecule has 7 heteroatoms. The molecule has 0 aliphatic carbocycles. The Morgan fingerprint density at radius 3 is 2.82 bits per heavy atom. The Morgan fingerprint density at radius 2 is 2.09 bits per heavy atom. The summed E-state index contributed by atoms with van der Waals surface area (Å²) in [6.07, 6.45) is -0.0736. The number of benzene rings is 1. The van der Waals surface area contributed by atoms with E-state index in [-0.39, 0.29) is 16.5 Å². The van der Waals surface area contributed by atoms with Gasteiger partial charge in [-0.15, -0.1) is 0 Å². The first kappa shape index (κ1) is 16.4. The first-order valence-corrected chi connectivity index (χ1v) is 7.48. The van der Waals surface area contributed by atoms with Gasteiger partial charge in [0.2, 0.25) is 0 Å². The van der Waals surface area contributed by atoms with Crippen molar-refractivity contribution in [1.29, 1.82) is 0 Å². The van der Waals surface area contributed by atoms with Crippen molar-refractivity contribution in [3.05, 3.63) is 22.7 Å². The molecule has 1 atom stereocenters. The number of nitrogens with one attached hydrogen (secondary N) is 1. The van der Waals surface area contributed by atoms with Gasteiger partial charge in [0.05, 0.1) is 10.6 Å². The zero-order valence-electron chi connectivity index (χ0n) is 12.5. The van der Waals surface area contributed by atoms with Gasteiger partial charge >= 0.3 is 5.97 Å². The maximum absolute atomic E-state index is 12.1. The molecular weight excluding hydrogens is 310 g/mol. The number of ether oxygens (including phenoxy) is 3. The summed E-state index contributed by atoms with van der Waals surface area (Å²) < 4.78 is 15.9. The summed E-state index contributed by atoms with van der Waals surface area (Å²) in [5.41, 5.74) is 0.212. The topological polar surface area (TPSA) is 73.9 Å². The average molecular weight is 328 g/mol. The molecular formula is C15H18ClNO5. The van der Waals surface area contributed by atoms with E-state index in [1.54, 1.807) is 0 Å². The van der Waals surface area contributed by atoms with E-state index in [0.717, 1.165) is 6.42 Å². The van der Waals surface area contributed by atoms with Crippen molar-refractivity contribution >= 4 is 23.5 Å². The smallest absolute Gasteiger partial charge is 0.339 e. The number of rotatable bonds is 5. The van der Waals surface area contributed by atoms with Gasteiger partial charge < -0.3 is 19.5 Å². The standard InChI is InChI=1S/C15H18ClNO5/c1-3-4-17-14(18)9(2)22-15(19)10-7-11(16)13-12(8-10)20-5-6-21-13/h7-9H,3-6H2,1-2H3,(H,17,18)/t9-/m0/s1. The normalized spacial score (nSPS) is 14.1. The molecule has 0 fully saturated rings. The van der Waals surface area contributed by atoms with Crippen molar-refractivity contribution in [3.63, 3.8) is 0 Å². The molecule has 0 radical (unpaired) electrons. The fourth-order valence-electron chi connectivity index (χ4n) is 1.90. The van der Waals surface area contributed by atoms with E-state index in [0.29, 0.717) is 31.3 Å². The molecule has 1 aromatic rings. The quantitative estimate of drug-likeness (QED) is 0.839. The van der Waals surface area contributed by atoms with Crippen molar-refractivity contribution in [2.45, 2.75) is 26.4 Å². The third kappa shape index (κ3) is 3.82. The Bertz CT molecular complexity index is 575. The summed E-state index contributed by atoms with van der Waals surface area (Å²) in [7, 11) is 0. The van der Waals surface area contributed by atoms with Crippen LogP contribution in [0.1, 0.15) is 30.6 Å². The van der Waals surface area contributed by atoms with Gasteiger partial charge in [0.1, 0.15) is 13.2 Å². The van der Waals surface area contributed by atoms with Crippen LogP contribution in [0, 0.1) is 0 Å². The molecule has 0 saturated heterocycles. The van der Waals surface area contributed by atoms with Crippen molar-refractivity contribution < 1.29 is 23.8 Å². The third-order valence-electron chi connectivity index (χ3n) is 3.03. The predicted octanol–water partition coefficient (Wildman–Crippen LogP) is 2.18. The van der Waals surface area contributed by atoms with Gasteiger partial charge in [-0.05, 0) is 25.5 Å². The molecule has 0 bridgehead atoms. The van der Waals surface area contributed by atoms with Crippen molar-refractivity contribution in [3.8, 4) is 11.5 Å². The van der Waals surface area contributed by atoms with Crippen LogP contribution in [0.3, 0.4) is 0 Å². The fraction of sp³-hybridized carbons (Fsp3) is 0.467. The molecule has 0 aromatic heterocycles. The minimum atomic E-state index is -0.883. The Balaban J connectivity index is 2.06. The number of fused-ring (bicyclic) bond motifs is 1. The first-order chi connectivity index (χ1) is 10.5. The molecule has 22 heavy (non-hydrogen) atoms. The monoisotopic (exact) mass is 327 g/mol. The number of esters is 1. The second kappa shape index (κ2) is 7.35. The zero-order valence-corrected chi connectivity index (χ0v) is 13.2. The number of halogens is 1. The van der Waals surface area contributed by atoms with Gasteiger partial charge in [-0.1, -0.05) is 18.5 Å². The molecule has 1 N–H and O–H groups in total. The maximum atomic E-state index is 12.1. The van der Waals surface area contributed by atoms with Gasteiger partial charge in [0.25, 0.3) is 5.91 Å². The molecule has 1 amide bonds. The summed E-state index contributed by atoms with van der Waals surface area (Å²) in [6.45, 7) is 4.79. The fourth-order valence-corrected chi connectivity index (χ4v) is 2.17. The molecule has 120 valence electrons. The molecule has 6 nitrogen and oxygen atoms in total. The van der Waals surface area contributed by atoms with Crippen LogP contribution < -0.4 is 14.8 Å². The van der Waals surface area contributed by atoms with Crippen LogP contribution >= 0.6 is 11.6 Å². The van der Waals surface area contributed by atoms with Crippen LogP contribution in [-0.4, -0.2) is 37.7 Å². The van der Waals surface area contributed by atoms with E-state index in [4.69, 9.17) is 25.8 Å². The van der Waals surface area contributed by atoms with Crippen LogP contribution in [-0.2, 0) is 9.53 Å². The minimum absolute atomic E-state index is 0.212. The van der Waals surface area contributed by atoms with Crippen LogP contribution in [0.5, 0.6) is 11.5 Å². The Morgan fingerprint density at radius 1 is 1.36 bits per heavy atom. The van der Waals surface area contributed by atoms with Crippen molar-refractivity contribution in [2.75, 3.05) is 19.8 Å². The number of hydrogen-bond acceptors (Lipinski definition) is 5. The van der Waals surface area contributed by atoms with Crippen LogP contribution in [0.2, 0.25) is 5.02 Å². The number of amides is 1. The zero-order chi connectivity index (χ0) is 16.1. The summed E-state index contributed by atoms with van der Waals surface area (Å²) >= 11 is 6.07. The van der Waals surface area contributed by atoms with E-state index in [1.165, 1.54) is 19.1 Å². The number of hydrogen-bond donors (Lipinski definition) is 1. The van der Waals surface area contributed by atoms with E-state index >= 15 is 0 Å². The highest BCUT2D eigenvalue weighted by molar-refractivity contribution is 6.32. The van der Waals surface area contributed by atoms with E-state index < -0.39 is 12.1 Å². The Hall–Kier alpha value is -1.95. The SMILES string of the molecule is CCCNC(=O)[C@H](C)OC(=O)c1cc(Cl)c2c(c1)OCCO2. The summed E-state index contributed by atoms with van der Waals surface area (Å²) in [6, 6.07) is 2.94. The average Bonchev–Trinajstić information content (AvgIpc) is 2.52. The van der Waals surface area contributed by atoms with Gasteiger partial charge in [0, 0.05) is 6.54 Å². The highest BCUT2D eigenvalue weighted by Crippen LogP contribution is 2.38. The third-order valence-corrected chi connectivity index (χ3v) is 3.32. The van der Waals surface area contributed by atoms with E-state index in [9.17, 15) is 9.59 Å². The molecule has 1 aliphatic rings. The Kier molecular flexibility index (Phi) is 5.49. The van der Waals surface area contributed by atoms with Crippen molar-refractivity contribution in [2.24, 2.45) is 0 Å². The lowest BCUT2D eigenvalue weighted by atomic mass is 10.2. The molecule has 0 spiro atoms. The van der Waals surface area contributed by atoms with Gasteiger partial charge in [0.15, 0.2) is 17.6 Å². The lowest BCUT2D eigenvalue weighted by molar-refractivity contribution is -0.129. The second-order valence-corrected chi connectivity index (χ2v) is 5.23. The van der Waals surface area contributed by atoms with Crippen LogP contribution in [0.15, 0.2) is 12.1 Å². The molecule has 0 saturated carbocycles. The first-order valence-electron chi connectivity index (χ1n) is 7.10. The summed E-state index contributed by atoms with van der Waals surface area (Å²) in [5.74, 6) is -0.163. The Labute approximate surface area is 133 Å².